The Labute approximate surface area is 175 Å². The van der Waals surface area contributed by atoms with Crippen molar-refractivity contribution in [3.63, 3.8) is 0 Å². The molecule has 0 bridgehead atoms. The van der Waals surface area contributed by atoms with Crippen molar-refractivity contribution in [2.45, 2.75) is 24.9 Å². The minimum Gasteiger partial charge on any atom is -0.322 e. The molecular formula is C24H22N2O3S. The van der Waals surface area contributed by atoms with Gasteiger partial charge in [-0.1, -0.05) is 60.2 Å². The third kappa shape index (κ3) is 4.20. The van der Waals surface area contributed by atoms with E-state index in [4.69, 9.17) is 0 Å². The lowest BCUT2D eigenvalue weighted by atomic mass is 10.1. The van der Waals surface area contributed by atoms with E-state index in [0.717, 1.165) is 22.0 Å². The summed E-state index contributed by atoms with van der Waals surface area (Å²) < 4.78 is 28.1. The number of nitrogens with one attached hydrogen (secondary N) is 1. The van der Waals surface area contributed by atoms with Crippen molar-refractivity contribution in [3.8, 4) is 0 Å². The molecular weight excluding hydrogens is 396 g/mol. The molecule has 0 amide bonds. The number of fused-ring (bicyclic) bond motifs is 1. The minimum absolute atomic E-state index is 0.0225. The highest BCUT2D eigenvalue weighted by Gasteiger charge is 2.25. The summed E-state index contributed by atoms with van der Waals surface area (Å²) in [5.74, 6) is 0. The third-order valence-corrected chi connectivity index (χ3v) is 6.81. The number of sulfonamides is 1. The van der Waals surface area contributed by atoms with Crippen LogP contribution in [-0.4, -0.2) is 17.7 Å². The number of aromatic amines is 1. The quantitative estimate of drug-likeness (QED) is 0.509. The molecule has 1 heterocycles. The summed E-state index contributed by atoms with van der Waals surface area (Å²) in [6, 6.07) is 25.2. The lowest BCUT2D eigenvalue weighted by Crippen LogP contribution is -2.32. The molecule has 0 spiro atoms. The van der Waals surface area contributed by atoms with Gasteiger partial charge in [0.1, 0.15) is 0 Å². The average molecular weight is 419 g/mol. The maximum atomic E-state index is 13.4. The highest BCUT2D eigenvalue weighted by atomic mass is 32.2. The Hall–Kier alpha value is -3.22. The number of rotatable bonds is 6. The van der Waals surface area contributed by atoms with Crippen LogP contribution in [0.25, 0.3) is 10.9 Å². The zero-order valence-corrected chi connectivity index (χ0v) is 17.4. The van der Waals surface area contributed by atoms with Gasteiger partial charge in [-0.05, 0) is 48.2 Å². The van der Waals surface area contributed by atoms with E-state index in [9.17, 15) is 13.2 Å². The summed E-state index contributed by atoms with van der Waals surface area (Å²) in [5.41, 5.74) is 2.77. The van der Waals surface area contributed by atoms with Crippen LogP contribution in [0.4, 0.5) is 0 Å². The van der Waals surface area contributed by atoms with Gasteiger partial charge in [-0.25, -0.2) is 8.42 Å². The van der Waals surface area contributed by atoms with Gasteiger partial charge >= 0.3 is 0 Å². The molecule has 1 N–H and O–H groups in total. The molecule has 4 aromatic rings. The first-order chi connectivity index (χ1) is 14.4. The minimum atomic E-state index is -3.80. The molecule has 152 valence electrons. The van der Waals surface area contributed by atoms with Crippen molar-refractivity contribution in [2.24, 2.45) is 0 Å². The lowest BCUT2D eigenvalue weighted by Gasteiger charge is -2.22. The summed E-state index contributed by atoms with van der Waals surface area (Å²) in [5, 5.41) is 0.876. The summed E-state index contributed by atoms with van der Waals surface area (Å²) >= 11 is 0. The summed E-state index contributed by atoms with van der Waals surface area (Å²) in [6.07, 6.45) is 0. The van der Waals surface area contributed by atoms with Gasteiger partial charge in [-0.2, -0.15) is 4.31 Å². The molecule has 0 saturated carbocycles. The Morgan fingerprint density at radius 2 is 1.50 bits per heavy atom. The normalized spacial score (nSPS) is 11.8. The SMILES string of the molecule is Cc1ccc2[nH]c(=O)c(CN(Cc3ccccc3)S(=O)(=O)c3ccccc3)cc2c1. The van der Waals surface area contributed by atoms with E-state index in [1.807, 2.05) is 55.5 Å². The van der Waals surface area contributed by atoms with Gasteiger partial charge < -0.3 is 4.98 Å². The number of hydrogen-bond donors (Lipinski definition) is 1. The number of pyridine rings is 1. The summed E-state index contributed by atoms with van der Waals surface area (Å²) in [7, 11) is -3.80. The van der Waals surface area contributed by atoms with E-state index in [1.165, 1.54) is 4.31 Å². The van der Waals surface area contributed by atoms with Crippen molar-refractivity contribution in [2.75, 3.05) is 0 Å². The van der Waals surface area contributed by atoms with Crippen LogP contribution in [0.3, 0.4) is 0 Å². The van der Waals surface area contributed by atoms with Crippen molar-refractivity contribution in [1.29, 1.82) is 0 Å². The van der Waals surface area contributed by atoms with Crippen LogP contribution in [-0.2, 0) is 23.1 Å². The molecule has 4 rings (SSSR count). The van der Waals surface area contributed by atoms with Gasteiger partial charge in [0.15, 0.2) is 0 Å². The molecule has 6 heteroatoms. The Morgan fingerprint density at radius 3 is 2.20 bits per heavy atom. The van der Waals surface area contributed by atoms with E-state index >= 15 is 0 Å². The Morgan fingerprint density at radius 1 is 0.833 bits per heavy atom. The largest absolute Gasteiger partial charge is 0.322 e. The maximum absolute atomic E-state index is 13.4. The molecule has 1 aromatic heterocycles. The molecule has 0 aliphatic heterocycles. The molecule has 0 saturated heterocycles. The highest BCUT2D eigenvalue weighted by molar-refractivity contribution is 7.89. The van der Waals surface area contributed by atoms with Gasteiger partial charge in [-0.3, -0.25) is 4.79 Å². The number of aromatic nitrogens is 1. The molecule has 0 atom stereocenters. The summed E-state index contributed by atoms with van der Waals surface area (Å²) in [4.78, 5) is 15.8. The first-order valence-electron chi connectivity index (χ1n) is 9.65. The fraction of sp³-hybridized carbons (Fsp3) is 0.125. The zero-order valence-electron chi connectivity index (χ0n) is 16.6. The predicted octanol–water partition coefficient (Wildman–Crippen LogP) is 4.23. The topological polar surface area (TPSA) is 70.2 Å². The third-order valence-electron chi connectivity index (χ3n) is 5.01. The second-order valence-electron chi connectivity index (χ2n) is 7.29. The van der Waals surface area contributed by atoms with E-state index in [1.54, 1.807) is 36.4 Å². The van der Waals surface area contributed by atoms with Gasteiger partial charge in [-0.15, -0.1) is 0 Å². The predicted molar refractivity (Wildman–Crippen MR) is 119 cm³/mol. The Kier molecular flexibility index (Phi) is 5.53. The highest BCUT2D eigenvalue weighted by Crippen LogP contribution is 2.21. The fourth-order valence-electron chi connectivity index (χ4n) is 3.43. The molecule has 0 radical (unpaired) electrons. The molecule has 0 fully saturated rings. The first-order valence-corrected chi connectivity index (χ1v) is 11.1. The van der Waals surface area contributed by atoms with E-state index in [-0.39, 0.29) is 23.5 Å². The van der Waals surface area contributed by atoms with Gasteiger partial charge in [0.2, 0.25) is 10.0 Å². The number of H-pyrrole nitrogens is 1. The molecule has 0 aliphatic rings. The van der Waals surface area contributed by atoms with Crippen LogP contribution in [0.15, 0.2) is 94.6 Å². The number of nitrogens with zero attached hydrogens (tertiary/aromatic N) is 1. The van der Waals surface area contributed by atoms with Crippen LogP contribution < -0.4 is 5.56 Å². The van der Waals surface area contributed by atoms with Crippen molar-refractivity contribution >= 4 is 20.9 Å². The number of aryl methyl sites for hydroxylation is 1. The van der Waals surface area contributed by atoms with E-state index in [0.29, 0.717) is 5.56 Å². The Bertz CT molecular complexity index is 1330. The average Bonchev–Trinajstić information content (AvgIpc) is 2.75. The summed E-state index contributed by atoms with van der Waals surface area (Å²) in [6.45, 7) is 2.13. The van der Waals surface area contributed by atoms with Gasteiger partial charge in [0.05, 0.1) is 4.90 Å². The molecule has 5 nitrogen and oxygen atoms in total. The van der Waals surface area contributed by atoms with Crippen LogP contribution in [0.2, 0.25) is 0 Å². The smallest absolute Gasteiger partial charge is 0.252 e. The lowest BCUT2D eigenvalue weighted by molar-refractivity contribution is 0.400. The van der Waals surface area contributed by atoms with Crippen LogP contribution in [0.5, 0.6) is 0 Å². The van der Waals surface area contributed by atoms with Gasteiger partial charge in [0.25, 0.3) is 5.56 Å². The molecule has 0 unspecified atom stereocenters. The number of benzene rings is 3. The Balaban J connectivity index is 1.77. The van der Waals surface area contributed by atoms with Crippen LogP contribution >= 0.6 is 0 Å². The van der Waals surface area contributed by atoms with Crippen molar-refractivity contribution in [1.82, 2.24) is 9.29 Å². The van der Waals surface area contributed by atoms with Crippen molar-refractivity contribution < 1.29 is 8.42 Å². The zero-order chi connectivity index (χ0) is 21.1. The van der Waals surface area contributed by atoms with E-state index in [2.05, 4.69) is 4.98 Å². The molecule has 30 heavy (non-hydrogen) atoms. The maximum Gasteiger partial charge on any atom is 0.252 e. The van der Waals surface area contributed by atoms with Crippen molar-refractivity contribution in [3.05, 3.63) is 112 Å². The van der Waals surface area contributed by atoms with Crippen LogP contribution in [0.1, 0.15) is 16.7 Å². The fourth-order valence-corrected chi connectivity index (χ4v) is 4.86. The standard InChI is InChI=1S/C24H22N2O3S/c1-18-12-13-23-20(14-18)15-21(24(27)25-23)17-26(16-19-8-4-2-5-9-19)30(28,29)22-10-6-3-7-11-22/h2-15H,16-17H2,1H3,(H,25,27). The second kappa shape index (κ2) is 8.26. The molecule has 0 aliphatic carbocycles. The monoisotopic (exact) mass is 418 g/mol. The molecule has 3 aromatic carbocycles. The van der Waals surface area contributed by atoms with Gasteiger partial charge in [0, 0.05) is 24.2 Å². The number of hydrogen-bond acceptors (Lipinski definition) is 3. The first kappa shape index (κ1) is 20.1. The second-order valence-corrected chi connectivity index (χ2v) is 9.22. The van der Waals surface area contributed by atoms with E-state index < -0.39 is 10.0 Å². The van der Waals surface area contributed by atoms with Crippen LogP contribution in [0, 0.1) is 6.92 Å².